The number of carboxylic acids is 1. The molecule has 0 aliphatic carbocycles. The third kappa shape index (κ3) is 3.06. The van der Waals surface area contributed by atoms with Crippen molar-refractivity contribution in [3.63, 3.8) is 0 Å². The predicted octanol–water partition coefficient (Wildman–Crippen LogP) is 2.64. The molecule has 0 amide bonds. The smallest absolute Gasteiger partial charge is 0.335 e. The van der Waals surface area contributed by atoms with Gasteiger partial charge in [0.25, 0.3) is 0 Å². The van der Waals surface area contributed by atoms with Crippen molar-refractivity contribution in [1.29, 1.82) is 0 Å². The third-order valence-corrected chi connectivity index (χ3v) is 2.61. The Morgan fingerprint density at radius 3 is 2.55 bits per heavy atom. The number of aromatic carboxylic acids is 1. The Kier molecular flexibility index (Phi) is 3.89. The van der Waals surface area contributed by atoms with Gasteiger partial charge in [0.15, 0.2) is 0 Å². The van der Waals surface area contributed by atoms with Gasteiger partial charge < -0.3 is 9.84 Å². The minimum Gasteiger partial charge on any atom is -0.478 e. The fourth-order valence-electron chi connectivity index (χ4n) is 1.33. The number of benzene rings is 1. The van der Waals surface area contributed by atoms with E-state index in [1.807, 2.05) is 0 Å². The van der Waals surface area contributed by atoms with Gasteiger partial charge in [-0.25, -0.2) is 14.8 Å². The molecule has 9 heteroatoms. The number of nitro groups is 1. The van der Waals surface area contributed by atoms with Crippen molar-refractivity contribution >= 4 is 27.6 Å². The first kappa shape index (κ1) is 13.9. The lowest BCUT2D eigenvalue weighted by molar-refractivity contribution is -0.385. The summed E-state index contributed by atoms with van der Waals surface area (Å²) in [4.78, 5) is 28.7. The molecule has 20 heavy (non-hydrogen) atoms. The van der Waals surface area contributed by atoms with Crippen LogP contribution in [-0.4, -0.2) is 26.0 Å². The van der Waals surface area contributed by atoms with Gasteiger partial charge in [-0.2, -0.15) is 0 Å². The molecule has 0 fully saturated rings. The van der Waals surface area contributed by atoms with E-state index in [1.54, 1.807) is 0 Å². The second-order valence-electron chi connectivity index (χ2n) is 3.53. The van der Waals surface area contributed by atoms with Gasteiger partial charge in [-0.3, -0.25) is 10.1 Å². The predicted molar refractivity (Wildman–Crippen MR) is 69.9 cm³/mol. The van der Waals surface area contributed by atoms with E-state index in [2.05, 4.69) is 25.9 Å². The molecular formula is C11H6BrN3O5. The van der Waals surface area contributed by atoms with Crippen LogP contribution in [0.25, 0.3) is 0 Å². The van der Waals surface area contributed by atoms with E-state index in [0.717, 1.165) is 18.2 Å². The van der Waals surface area contributed by atoms with Gasteiger partial charge in [-0.15, -0.1) is 0 Å². The Labute approximate surface area is 120 Å². The largest absolute Gasteiger partial charge is 0.478 e. The lowest BCUT2D eigenvalue weighted by Gasteiger charge is -2.05. The monoisotopic (exact) mass is 339 g/mol. The third-order valence-electron chi connectivity index (χ3n) is 2.20. The molecule has 0 saturated heterocycles. The Morgan fingerprint density at radius 1 is 1.35 bits per heavy atom. The normalized spacial score (nSPS) is 10.1. The minimum absolute atomic E-state index is 0.126. The molecule has 0 saturated carbocycles. The van der Waals surface area contributed by atoms with Crippen LogP contribution in [0.15, 0.2) is 35.1 Å². The molecule has 0 bridgehead atoms. The van der Waals surface area contributed by atoms with Gasteiger partial charge in [0.1, 0.15) is 0 Å². The van der Waals surface area contributed by atoms with E-state index in [4.69, 9.17) is 9.84 Å². The number of carbonyl (C=O) groups is 1. The van der Waals surface area contributed by atoms with Crippen LogP contribution in [-0.2, 0) is 0 Å². The van der Waals surface area contributed by atoms with Crippen LogP contribution < -0.4 is 4.74 Å². The molecule has 0 radical (unpaired) electrons. The maximum atomic E-state index is 10.9. The fraction of sp³-hybridized carbons (Fsp3) is 0. The summed E-state index contributed by atoms with van der Waals surface area (Å²) < 4.78 is 5.78. The van der Waals surface area contributed by atoms with E-state index in [1.165, 1.54) is 12.4 Å². The topological polar surface area (TPSA) is 115 Å². The van der Waals surface area contributed by atoms with E-state index in [-0.39, 0.29) is 23.0 Å². The summed E-state index contributed by atoms with van der Waals surface area (Å²) in [5.41, 5.74) is -0.510. The van der Waals surface area contributed by atoms with Crippen molar-refractivity contribution in [2.24, 2.45) is 0 Å². The first-order valence-electron chi connectivity index (χ1n) is 5.14. The molecule has 0 aliphatic heterocycles. The zero-order valence-electron chi connectivity index (χ0n) is 9.69. The number of ether oxygens (including phenoxy) is 1. The zero-order chi connectivity index (χ0) is 14.7. The molecule has 0 unspecified atom stereocenters. The molecule has 0 spiro atoms. The van der Waals surface area contributed by atoms with Crippen LogP contribution in [0.4, 0.5) is 5.69 Å². The highest BCUT2D eigenvalue weighted by Gasteiger charge is 2.19. The summed E-state index contributed by atoms with van der Waals surface area (Å²) in [5, 5.41) is 19.8. The molecule has 0 atom stereocenters. The van der Waals surface area contributed by atoms with Crippen LogP contribution in [0, 0.1) is 10.1 Å². The average molecular weight is 340 g/mol. The van der Waals surface area contributed by atoms with Crippen LogP contribution in [0.2, 0.25) is 0 Å². The Hall–Kier alpha value is -2.55. The van der Waals surface area contributed by atoms with Gasteiger partial charge in [-0.1, -0.05) is 0 Å². The molecule has 102 valence electrons. The Balaban J connectivity index is 2.41. The summed E-state index contributed by atoms with van der Waals surface area (Å²) in [7, 11) is 0. The number of hydrogen-bond donors (Lipinski definition) is 1. The molecule has 1 aromatic carbocycles. The highest BCUT2D eigenvalue weighted by molar-refractivity contribution is 9.10. The first-order chi connectivity index (χ1) is 9.47. The minimum atomic E-state index is -1.22. The average Bonchev–Trinajstić information content (AvgIpc) is 2.41. The highest BCUT2D eigenvalue weighted by atomic mass is 79.9. The molecule has 0 aliphatic rings. The molecular weight excluding hydrogens is 334 g/mol. The number of nitrogens with zero attached hydrogens (tertiary/aromatic N) is 3. The Bertz CT molecular complexity index is 674. The molecule has 1 aromatic heterocycles. The maximum absolute atomic E-state index is 10.9. The van der Waals surface area contributed by atoms with Crippen molar-refractivity contribution in [2.75, 3.05) is 0 Å². The highest BCUT2D eigenvalue weighted by Crippen LogP contribution is 2.31. The zero-order valence-corrected chi connectivity index (χ0v) is 11.3. The van der Waals surface area contributed by atoms with Gasteiger partial charge in [-0.05, 0) is 22.0 Å². The van der Waals surface area contributed by atoms with E-state index < -0.39 is 10.9 Å². The number of hydrogen-bond acceptors (Lipinski definition) is 6. The van der Waals surface area contributed by atoms with Gasteiger partial charge in [0.2, 0.25) is 5.75 Å². The molecule has 2 aromatic rings. The molecule has 1 N–H and O–H groups in total. The van der Waals surface area contributed by atoms with Crippen molar-refractivity contribution in [2.45, 2.75) is 0 Å². The lowest BCUT2D eigenvalue weighted by atomic mass is 10.2. The lowest BCUT2D eigenvalue weighted by Crippen LogP contribution is -2.00. The van der Waals surface area contributed by atoms with E-state index in [0.29, 0.717) is 4.47 Å². The van der Waals surface area contributed by atoms with Crippen molar-refractivity contribution in [1.82, 2.24) is 9.97 Å². The summed E-state index contributed by atoms with van der Waals surface area (Å²) in [6, 6.07) is 3.10. The summed E-state index contributed by atoms with van der Waals surface area (Å²) in [5.74, 6) is -1.46. The SMILES string of the molecule is O=C(O)c1ccc([N+](=O)[O-])c(Oc2ncc(Br)cn2)c1. The quantitative estimate of drug-likeness (QED) is 0.672. The summed E-state index contributed by atoms with van der Waals surface area (Å²) in [6.07, 6.45) is 2.80. The standard InChI is InChI=1S/C11H6BrN3O5/c12-7-4-13-11(14-5-7)20-9-3-6(10(16)17)1-2-8(9)15(18)19/h1-5H,(H,16,17). The summed E-state index contributed by atoms with van der Waals surface area (Å²) >= 11 is 3.13. The number of carboxylic acid groups (broad SMARTS) is 1. The first-order valence-corrected chi connectivity index (χ1v) is 5.94. The van der Waals surface area contributed by atoms with Crippen LogP contribution in [0.1, 0.15) is 10.4 Å². The number of nitro benzene ring substituents is 1. The Morgan fingerprint density at radius 2 is 2.00 bits per heavy atom. The van der Waals surface area contributed by atoms with Gasteiger partial charge >= 0.3 is 17.7 Å². The number of aromatic nitrogens is 2. The maximum Gasteiger partial charge on any atom is 0.335 e. The van der Waals surface area contributed by atoms with Crippen molar-refractivity contribution < 1.29 is 19.6 Å². The number of halogens is 1. The number of rotatable bonds is 4. The van der Waals surface area contributed by atoms with Crippen molar-refractivity contribution in [3.05, 3.63) is 50.7 Å². The van der Waals surface area contributed by atoms with Crippen molar-refractivity contribution in [3.8, 4) is 11.8 Å². The summed E-state index contributed by atoms with van der Waals surface area (Å²) in [6.45, 7) is 0. The fourth-order valence-corrected chi connectivity index (χ4v) is 1.54. The molecule has 2 rings (SSSR count). The van der Waals surface area contributed by atoms with Gasteiger partial charge in [0.05, 0.1) is 15.0 Å². The van der Waals surface area contributed by atoms with Crippen LogP contribution >= 0.6 is 15.9 Å². The second-order valence-corrected chi connectivity index (χ2v) is 4.45. The van der Waals surface area contributed by atoms with Gasteiger partial charge in [0, 0.05) is 24.5 Å². The van der Waals surface area contributed by atoms with Crippen LogP contribution in [0.5, 0.6) is 11.8 Å². The van der Waals surface area contributed by atoms with Crippen LogP contribution in [0.3, 0.4) is 0 Å². The molecule has 1 heterocycles. The second kappa shape index (κ2) is 5.61. The molecule has 8 nitrogen and oxygen atoms in total. The van der Waals surface area contributed by atoms with E-state index in [9.17, 15) is 14.9 Å². The van der Waals surface area contributed by atoms with E-state index >= 15 is 0 Å².